The number of amides is 2. The molecule has 0 atom stereocenters. The van der Waals surface area contributed by atoms with Gasteiger partial charge in [-0.3, -0.25) is 9.80 Å². The van der Waals surface area contributed by atoms with Crippen LogP contribution < -0.4 is 42.8 Å². The van der Waals surface area contributed by atoms with Crippen molar-refractivity contribution in [2.24, 2.45) is 0 Å². The highest BCUT2D eigenvalue weighted by Gasteiger charge is 2.50. The molecule has 0 fully saturated rings. The van der Waals surface area contributed by atoms with Crippen molar-refractivity contribution in [2.75, 3.05) is 9.80 Å². The fourth-order valence-electron chi connectivity index (χ4n) is 10.3. The Bertz CT molecular complexity index is 3160. The summed E-state index contributed by atoms with van der Waals surface area (Å²) in [5.41, 5.74) is 18.1. The van der Waals surface area contributed by atoms with E-state index in [0.29, 0.717) is 0 Å². The highest BCUT2D eigenvalue weighted by molar-refractivity contribution is 7.00. The minimum absolute atomic E-state index is 0.0954. The molecule has 266 valence electrons. The number of fused-ring (bicyclic) bond motifs is 6. The summed E-state index contributed by atoms with van der Waals surface area (Å²) in [7, 11) is 0. The minimum atomic E-state index is -0.262. The maximum absolute atomic E-state index is 15.8. The van der Waals surface area contributed by atoms with Gasteiger partial charge < -0.3 is 4.42 Å². The van der Waals surface area contributed by atoms with Gasteiger partial charge in [0, 0.05) is 16.5 Å². The van der Waals surface area contributed by atoms with Gasteiger partial charge in [0.1, 0.15) is 5.58 Å². The average Bonchev–Trinajstić information content (AvgIpc) is 3.64. The van der Waals surface area contributed by atoms with Crippen molar-refractivity contribution >= 4 is 96.9 Å². The van der Waals surface area contributed by atoms with Crippen LogP contribution in [0.4, 0.5) is 27.5 Å². The number of benzene rings is 8. The third-order valence-corrected chi connectivity index (χ3v) is 12.6. The van der Waals surface area contributed by atoms with Crippen molar-refractivity contribution in [3.05, 3.63) is 181 Å². The topological polar surface area (TPSA) is 36.7 Å². The molecule has 1 aromatic heterocycles. The molecule has 0 radical (unpaired) electrons. The van der Waals surface area contributed by atoms with E-state index in [1.165, 1.54) is 33.2 Å². The second kappa shape index (κ2) is 12.0. The number of hydrogen-bond donors (Lipinski definition) is 0. The molecule has 6 heteroatoms. The molecule has 3 aliphatic rings. The zero-order chi connectivity index (χ0) is 37.9. The third-order valence-electron chi connectivity index (χ3n) is 12.6. The zero-order valence-corrected chi connectivity index (χ0v) is 31.5. The molecule has 2 amide bonds. The van der Waals surface area contributed by atoms with Gasteiger partial charge >= 0.3 is 6.03 Å². The normalized spacial score (nSPS) is 13.7. The number of carbonyl (C=O) groups is 1. The maximum Gasteiger partial charge on any atom is 0.338 e. The fourth-order valence-corrected chi connectivity index (χ4v) is 10.3. The number of urea groups is 1. The number of nitrogens with zero attached hydrogens (tertiary/aromatic N) is 2. The Morgan fingerprint density at radius 1 is 0.474 bits per heavy atom. The van der Waals surface area contributed by atoms with Crippen LogP contribution >= 0.6 is 0 Å². The Labute approximate surface area is 331 Å². The number of hydrogen-bond acceptors (Lipinski definition) is 2. The quantitative estimate of drug-likeness (QED) is 0.170. The molecule has 0 saturated carbocycles. The minimum Gasteiger partial charge on any atom is -0.468 e. The molecule has 9 aromatic rings. The van der Waals surface area contributed by atoms with Crippen LogP contribution in [0.25, 0.3) is 44.0 Å². The Kier molecular flexibility index (Phi) is 6.77. The molecule has 4 heterocycles. The molecule has 12 rings (SSSR count). The molecule has 4 nitrogen and oxygen atoms in total. The first-order chi connectivity index (χ1) is 28.1. The number of carbonyl (C=O) groups excluding carboxylic acids is 1. The summed E-state index contributed by atoms with van der Waals surface area (Å²) < 4.78 is 6.98. The second-order valence-corrected chi connectivity index (χ2v) is 15.6. The number of furan rings is 1. The Morgan fingerprint density at radius 2 is 1.04 bits per heavy atom. The van der Waals surface area contributed by atoms with E-state index in [4.69, 9.17) is 4.42 Å². The first-order valence-electron chi connectivity index (χ1n) is 19.7. The average molecular weight is 728 g/mol. The van der Waals surface area contributed by atoms with E-state index in [0.717, 1.165) is 77.7 Å². The lowest BCUT2D eigenvalue weighted by Crippen LogP contribution is -2.64. The largest absolute Gasteiger partial charge is 0.468 e. The molecule has 0 saturated heterocycles. The Balaban J connectivity index is 1.21. The number of aryl methyl sites for hydroxylation is 2. The van der Waals surface area contributed by atoms with Gasteiger partial charge in [-0.15, -0.1) is 0 Å². The van der Waals surface area contributed by atoms with Gasteiger partial charge in [-0.25, -0.2) is 4.79 Å². The number of rotatable bonds is 4. The van der Waals surface area contributed by atoms with Crippen LogP contribution in [0.15, 0.2) is 174 Å². The molecule has 57 heavy (non-hydrogen) atoms. The van der Waals surface area contributed by atoms with Crippen LogP contribution in [-0.2, 0) is 0 Å². The van der Waals surface area contributed by atoms with Crippen molar-refractivity contribution < 1.29 is 9.21 Å². The van der Waals surface area contributed by atoms with E-state index in [2.05, 4.69) is 166 Å². The molecule has 0 aliphatic carbocycles. The van der Waals surface area contributed by atoms with Crippen LogP contribution in [-0.4, -0.2) is 19.5 Å². The summed E-state index contributed by atoms with van der Waals surface area (Å²) in [6.45, 7) is 4.06. The standard InChI is InChI=1S/C51H34B2N2O2/c1-31-15-13-22-36(33-17-5-3-6-18-33)45(31)52-39-24-10-11-25-42(39)54-48-40(52)29-27-35-28-30-41-49(44(35)48)55(51(54)56)47-38-21-9-12-26-43(38)57-50(47)53(41)46-32(2)16-14-23-37(46)34-19-7-4-8-20-34/h3-30H,1-2H3. The van der Waals surface area contributed by atoms with Gasteiger partial charge in [-0.1, -0.05) is 174 Å². The van der Waals surface area contributed by atoms with Crippen molar-refractivity contribution in [2.45, 2.75) is 13.8 Å². The highest BCUT2D eigenvalue weighted by atomic mass is 16.3. The maximum atomic E-state index is 15.8. The van der Waals surface area contributed by atoms with E-state index >= 15 is 4.79 Å². The van der Waals surface area contributed by atoms with E-state index in [-0.39, 0.29) is 19.5 Å². The predicted octanol–water partition coefficient (Wildman–Crippen LogP) is 8.61. The van der Waals surface area contributed by atoms with Crippen molar-refractivity contribution in [3.8, 4) is 22.3 Å². The molecule has 0 bridgehead atoms. The molecular weight excluding hydrogens is 694 g/mol. The van der Waals surface area contributed by atoms with E-state index < -0.39 is 0 Å². The van der Waals surface area contributed by atoms with Crippen LogP contribution in [0.1, 0.15) is 11.1 Å². The van der Waals surface area contributed by atoms with Crippen molar-refractivity contribution in [3.63, 3.8) is 0 Å². The summed E-state index contributed by atoms with van der Waals surface area (Å²) in [6, 6.07) is 60.1. The third kappa shape index (κ3) is 4.38. The molecule has 0 N–H and O–H groups in total. The Morgan fingerprint density at radius 3 is 1.72 bits per heavy atom. The zero-order valence-electron chi connectivity index (χ0n) is 31.5. The Hall–Kier alpha value is -7.04. The van der Waals surface area contributed by atoms with E-state index in [1.54, 1.807) is 0 Å². The van der Waals surface area contributed by atoms with E-state index in [1.807, 2.05) is 28.0 Å². The molecule has 8 aromatic carbocycles. The smallest absolute Gasteiger partial charge is 0.338 e. The van der Waals surface area contributed by atoms with Crippen LogP contribution in [0.3, 0.4) is 0 Å². The molecular formula is C51H34B2N2O2. The van der Waals surface area contributed by atoms with Crippen molar-refractivity contribution in [1.82, 2.24) is 0 Å². The SMILES string of the molecule is Cc1cccc(-c2ccccc2)c1B1c2ccccc2N2C(=O)N3c4c(oc5ccccc45)B(c4c(C)cccc4-c4ccccc4)c4ccc5ccc1c2c5c43. The van der Waals surface area contributed by atoms with Crippen molar-refractivity contribution in [1.29, 1.82) is 0 Å². The highest BCUT2D eigenvalue weighted by Crippen LogP contribution is 2.49. The lowest BCUT2D eigenvalue weighted by atomic mass is 9.33. The lowest BCUT2D eigenvalue weighted by molar-refractivity contribution is 0.255. The van der Waals surface area contributed by atoms with Gasteiger partial charge in [0.15, 0.2) is 0 Å². The summed E-state index contributed by atoms with van der Waals surface area (Å²) >= 11 is 0. The van der Waals surface area contributed by atoms with E-state index in [9.17, 15) is 0 Å². The van der Waals surface area contributed by atoms with Crippen LogP contribution in [0, 0.1) is 13.8 Å². The monoisotopic (exact) mass is 728 g/mol. The summed E-state index contributed by atoms with van der Waals surface area (Å²) in [6.07, 6.45) is 0. The van der Waals surface area contributed by atoms with Crippen LogP contribution in [0.2, 0.25) is 0 Å². The first kappa shape index (κ1) is 32.2. The lowest BCUT2D eigenvalue weighted by Gasteiger charge is -2.45. The van der Waals surface area contributed by atoms with Crippen LogP contribution in [0.5, 0.6) is 0 Å². The fraction of sp³-hybridized carbons (Fsp3) is 0.0392. The van der Waals surface area contributed by atoms with Gasteiger partial charge in [0.2, 0.25) is 6.71 Å². The summed E-state index contributed by atoms with van der Waals surface area (Å²) in [4.78, 5) is 19.8. The second-order valence-electron chi connectivity index (χ2n) is 15.6. The van der Waals surface area contributed by atoms with Gasteiger partial charge in [0.05, 0.1) is 22.7 Å². The van der Waals surface area contributed by atoms with Gasteiger partial charge in [0.25, 0.3) is 6.71 Å². The summed E-state index contributed by atoms with van der Waals surface area (Å²) in [5, 5.41) is 3.12. The number of para-hydroxylation sites is 2. The number of anilines is 4. The van der Waals surface area contributed by atoms with Gasteiger partial charge in [-0.2, -0.15) is 0 Å². The predicted molar refractivity (Wildman–Crippen MR) is 239 cm³/mol. The summed E-state index contributed by atoms with van der Waals surface area (Å²) in [5.74, 6) is 0. The first-order valence-corrected chi connectivity index (χ1v) is 19.7. The van der Waals surface area contributed by atoms with Gasteiger partial charge in [-0.05, 0) is 76.1 Å². The molecule has 0 unspecified atom stereocenters. The molecule has 0 spiro atoms. The molecule has 3 aliphatic heterocycles.